The molecule has 0 unspecified atom stereocenters. The molecule has 0 saturated carbocycles. The Kier molecular flexibility index (Phi) is 2.91. The molecule has 0 aliphatic carbocycles. The van der Waals surface area contributed by atoms with Crippen LogP contribution in [-0.4, -0.2) is 18.5 Å². The Morgan fingerprint density at radius 1 is 1.58 bits per heavy atom. The lowest BCUT2D eigenvalue weighted by molar-refractivity contribution is 0.112. The number of aromatic hydroxyl groups is 1. The highest BCUT2D eigenvalue weighted by Crippen LogP contribution is 2.28. The molecule has 0 atom stereocenters. The first-order chi connectivity index (χ1) is 5.69. The highest BCUT2D eigenvalue weighted by Gasteiger charge is 2.06. The summed E-state index contributed by atoms with van der Waals surface area (Å²) in [5, 5.41) is 9.32. The number of phenolic OH excluding ortho intramolecular Hbond substituents is 1. The largest absolute Gasteiger partial charge is 0.506 e. The molecule has 0 heterocycles. The first-order valence-corrected chi connectivity index (χ1v) is 4.28. The first-order valence-electron chi connectivity index (χ1n) is 3.20. The highest BCUT2D eigenvalue weighted by molar-refractivity contribution is 14.1. The second kappa shape index (κ2) is 3.75. The molecule has 0 amide bonds. The van der Waals surface area contributed by atoms with Crippen LogP contribution in [0.4, 0.5) is 0 Å². The van der Waals surface area contributed by atoms with E-state index in [0.29, 0.717) is 15.6 Å². The summed E-state index contributed by atoms with van der Waals surface area (Å²) in [4.78, 5) is 10.4. The summed E-state index contributed by atoms with van der Waals surface area (Å²) in [5.41, 5.74) is 0.249. The van der Waals surface area contributed by atoms with Gasteiger partial charge in [0.15, 0.2) is 6.29 Å². The Labute approximate surface area is 83.5 Å². The lowest BCUT2D eigenvalue weighted by Crippen LogP contribution is -1.89. The van der Waals surface area contributed by atoms with E-state index in [1.165, 1.54) is 13.2 Å². The molecule has 0 aliphatic rings. The minimum absolute atomic E-state index is 0.00593. The lowest BCUT2D eigenvalue weighted by Gasteiger charge is -2.04. The van der Waals surface area contributed by atoms with Crippen molar-refractivity contribution in [1.82, 2.24) is 0 Å². The lowest BCUT2D eigenvalue weighted by atomic mass is 10.2. The van der Waals surface area contributed by atoms with Crippen molar-refractivity contribution in [3.63, 3.8) is 0 Å². The summed E-state index contributed by atoms with van der Waals surface area (Å²) < 4.78 is 5.52. The Morgan fingerprint density at radius 3 is 2.75 bits per heavy atom. The molecule has 0 aliphatic heterocycles. The van der Waals surface area contributed by atoms with E-state index in [1.54, 1.807) is 6.07 Å². The van der Waals surface area contributed by atoms with Crippen LogP contribution in [0.3, 0.4) is 0 Å². The van der Waals surface area contributed by atoms with E-state index >= 15 is 0 Å². The zero-order valence-corrected chi connectivity index (χ0v) is 8.53. The van der Waals surface area contributed by atoms with Gasteiger partial charge in [-0.1, -0.05) is 0 Å². The number of carbonyl (C=O) groups is 1. The Bertz CT molecular complexity index is 309. The zero-order chi connectivity index (χ0) is 9.14. The molecule has 1 N–H and O–H groups in total. The number of methoxy groups -OCH3 is 1. The van der Waals surface area contributed by atoms with Gasteiger partial charge >= 0.3 is 0 Å². The van der Waals surface area contributed by atoms with Crippen molar-refractivity contribution >= 4 is 28.9 Å². The fourth-order valence-electron chi connectivity index (χ4n) is 0.802. The van der Waals surface area contributed by atoms with E-state index < -0.39 is 0 Å². The predicted octanol–water partition coefficient (Wildman–Crippen LogP) is 1.82. The van der Waals surface area contributed by atoms with E-state index in [4.69, 9.17) is 4.74 Å². The predicted molar refractivity (Wildman–Crippen MR) is 52.8 cm³/mol. The standard InChI is InChI=1S/C8H7IO3/c1-12-6-2-5(4-10)8(11)7(9)3-6/h2-4,11H,1H3. The molecule has 64 valence electrons. The molecule has 4 heteroatoms. The van der Waals surface area contributed by atoms with Crippen molar-refractivity contribution in [2.45, 2.75) is 0 Å². The minimum atomic E-state index is 0.00593. The van der Waals surface area contributed by atoms with Crippen molar-refractivity contribution in [2.75, 3.05) is 7.11 Å². The van der Waals surface area contributed by atoms with Crippen LogP contribution < -0.4 is 4.74 Å². The number of phenols is 1. The molecule has 1 aromatic carbocycles. The van der Waals surface area contributed by atoms with E-state index in [2.05, 4.69) is 0 Å². The van der Waals surface area contributed by atoms with Gasteiger partial charge in [0.1, 0.15) is 11.5 Å². The number of aldehydes is 1. The quantitative estimate of drug-likeness (QED) is 0.663. The van der Waals surface area contributed by atoms with Crippen molar-refractivity contribution in [2.24, 2.45) is 0 Å². The Morgan fingerprint density at radius 2 is 2.25 bits per heavy atom. The number of halogens is 1. The van der Waals surface area contributed by atoms with Gasteiger partial charge in [-0.3, -0.25) is 4.79 Å². The maximum Gasteiger partial charge on any atom is 0.153 e. The van der Waals surface area contributed by atoms with Crippen molar-refractivity contribution in [3.05, 3.63) is 21.3 Å². The molecule has 1 rings (SSSR count). The topological polar surface area (TPSA) is 46.5 Å². The Balaban J connectivity index is 3.28. The monoisotopic (exact) mass is 278 g/mol. The molecule has 3 nitrogen and oxygen atoms in total. The Hall–Kier alpha value is -0.780. The van der Waals surface area contributed by atoms with Gasteiger partial charge in [-0.05, 0) is 34.7 Å². The number of hydrogen-bond acceptors (Lipinski definition) is 3. The molecule has 0 bridgehead atoms. The summed E-state index contributed by atoms with van der Waals surface area (Å²) in [6.07, 6.45) is 0.597. The van der Waals surface area contributed by atoms with Gasteiger partial charge in [0.05, 0.1) is 16.2 Å². The summed E-state index contributed by atoms with van der Waals surface area (Å²) in [5.74, 6) is 0.575. The maximum absolute atomic E-state index is 10.4. The van der Waals surface area contributed by atoms with Gasteiger partial charge in [-0.2, -0.15) is 0 Å². The van der Waals surface area contributed by atoms with Crippen LogP contribution in [0.5, 0.6) is 11.5 Å². The number of benzene rings is 1. The zero-order valence-electron chi connectivity index (χ0n) is 6.37. The highest BCUT2D eigenvalue weighted by atomic mass is 127. The van der Waals surface area contributed by atoms with Gasteiger partial charge < -0.3 is 9.84 Å². The molecule has 1 aromatic rings. The van der Waals surface area contributed by atoms with Crippen LogP contribution in [0.25, 0.3) is 0 Å². The third kappa shape index (κ3) is 1.69. The molecular weight excluding hydrogens is 271 g/mol. The maximum atomic E-state index is 10.4. The van der Waals surface area contributed by atoms with Gasteiger partial charge in [-0.15, -0.1) is 0 Å². The summed E-state index contributed by atoms with van der Waals surface area (Å²) in [6.45, 7) is 0. The minimum Gasteiger partial charge on any atom is -0.506 e. The summed E-state index contributed by atoms with van der Waals surface area (Å²) in [6, 6.07) is 3.15. The van der Waals surface area contributed by atoms with E-state index in [9.17, 15) is 9.90 Å². The molecule has 0 fully saturated rings. The van der Waals surface area contributed by atoms with Crippen LogP contribution in [0.1, 0.15) is 10.4 Å². The van der Waals surface area contributed by atoms with Crippen LogP contribution in [-0.2, 0) is 0 Å². The molecule has 12 heavy (non-hydrogen) atoms. The molecule has 0 radical (unpaired) electrons. The third-order valence-electron chi connectivity index (χ3n) is 1.43. The fraction of sp³-hybridized carbons (Fsp3) is 0.125. The van der Waals surface area contributed by atoms with Gasteiger partial charge in [0.25, 0.3) is 0 Å². The van der Waals surface area contributed by atoms with Crippen molar-refractivity contribution in [1.29, 1.82) is 0 Å². The molecule has 0 spiro atoms. The second-order valence-electron chi connectivity index (χ2n) is 2.16. The van der Waals surface area contributed by atoms with Crippen LogP contribution >= 0.6 is 22.6 Å². The number of hydrogen-bond donors (Lipinski definition) is 1. The van der Waals surface area contributed by atoms with Crippen LogP contribution in [0.15, 0.2) is 12.1 Å². The van der Waals surface area contributed by atoms with Crippen molar-refractivity contribution in [3.8, 4) is 11.5 Å². The van der Waals surface area contributed by atoms with Gasteiger partial charge in [0, 0.05) is 0 Å². The number of ether oxygens (including phenoxy) is 1. The van der Waals surface area contributed by atoms with E-state index in [-0.39, 0.29) is 11.3 Å². The van der Waals surface area contributed by atoms with E-state index in [0.717, 1.165) is 0 Å². The summed E-state index contributed by atoms with van der Waals surface area (Å²) in [7, 11) is 1.51. The first kappa shape index (κ1) is 9.31. The van der Waals surface area contributed by atoms with Crippen LogP contribution in [0, 0.1) is 3.57 Å². The van der Waals surface area contributed by atoms with Crippen molar-refractivity contribution < 1.29 is 14.6 Å². The van der Waals surface area contributed by atoms with Crippen LogP contribution in [0.2, 0.25) is 0 Å². The average Bonchev–Trinajstić information content (AvgIpc) is 2.09. The summed E-state index contributed by atoms with van der Waals surface area (Å²) >= 11 is 1.93. The number of rotatable bonds is 2. The third-order valence-corrected chi connectivity index (χ3v) is 2.25. The smallest absolute Gasteiger partial charge is 0.153 e. The molecule has 0 saturated heterocycles. The molecule has 0 aromatic heterocycles. The normalized spacial score (nSPS) is 9.50. The molecular formula is C8H7IO3. The van der Waals surface area contributed by atoms with E-state index in [1.807, 2.05) is 22.6 Å². The SMILES string of the molecule is COc1cc(I)c(O)c(C=O)c1. The number of carbonyl (C=O) groups excluding carboxylic acids is 1. The van der Waals surface area contributed by atoms with Gasteiger partial charge in [0.2, 0.25) is 0 Å². The van der Waals surface area contributed by atoms with Gasteiger partial charge in [-0.25, -0.2) is 0 Å². The average molecular weight is 278 g/mol. The fourth-order valence-corrected chi connectivity index (χ4v) is 1.42. The second-order valence-corrected chi connectivity index (χ2v) is 3.33.